The highest BCUT2D eigenvalue weighted by Gasteiger charge is 2.09. The van der Waals surface area contributed by atoms with Crippen LogP contribution in [0.2, 0.25) is 0 Å². The second-order valence-corrected chi connectivity index (χ2v) is 5.23. The SMILES string of the molecule is CCNc1ccc(C(=O)NCc2cccc(C)c2)c(C)c1. The Balaban J connectivity index is 2.03. The van der Waals surface area contributed by atoms with E-state index in [-0.39, 0.29) is 5.91 Å². The van der Waals surface area contributed by atoms with Crippen molar-refractivity contribution in [1.29, 1.82) is 0 Å². The van der Waals surface area contributed by atoms with E-state index < -0.39 is 0 Å². The van der Waals surface area contributed by atoms with Crippen molar-refractivity contribution in [3.63, 3.8) is 0 Å². The zero-order chi connectivity index (χ0) is 15.2. The topological polar surface area (TPSA) is 41.1 Å². The molecular formula is C18H22N2O. The fraction of sp³-hybridized carbons (Fsp3) is 0.278. The van der Waals surface area contributed by atoms with Crippen LogP contribution in [0.1, 0.15) is 34.0 Å². The van der Waals surface area contributed by atoms with Crippen molar-refractivity contribution in [3.05, 3.63) is 64.7 Å². The number of rotatable bonds is 5. The Hall–Kier alpha value is -2.29. The maximum Gasteiger partial charge on any atom is 0.251 e. The highest BCUT2D eigenvalue weighted by molar-refractivity contribution is 5.96. The summed E-state index contributed by atoms with van der Waals surface area (Å²) < 4.78 is 0. The number of anilines is 1. The number of benzene rings is 2. The first kappa shape index (κ1) is 15.1. The van der Waals surface area contributed by atoms with E-state index in [4.69, 9.17) is 0 Å². The van der Waals surface area contributed by atoms with Gasteiger partial charge in [0.25, 0.3) is 5.91 Å². The quantitative estimate of drug-likeness (QED) is 0.878. The molecule has 0 bridgehead atoms. The maximum absolute atomic E-state index is 12.3. The van der Waals surface area contributed by atoms with E-state index in [0.717, 1.165) is 28.9 Å². The monoisotopic (exact) mass is 282 g/mol. The molecule has 0 aliphatic rings. The molecule has 3 heteroatoms. The summed E-state index contributed by atoms with van der Waals surface area (Å²) in [6.07, 6.45) is 0. The van der Waals surface area contributed by atoms with Crippen molar-refractivity contribution in [2.24, 2.45) is 0 Å². The number of nitrogens with one attached hydrogen (secondary N) is 2. The molecule has 0 radical (unpaired) electrons. The van der Waals surface area contributed by atoms with Crippen molar-refractivity contribution < 1.29 is 4.79 Å². The average molecular weight is 282 g/mol. The van der Waals surface area contributed by atoms with Gasteiger partial charge in [-0.2, -0.15) is 0 Å². The zero-order valence-electron chi connectivity index (χ0n) is 12.9. The van der Waals surface area contributed by atoms with Crippen LogP contribution in [-0.2, 0) is 6.54 Å². The molecule has 0 aliphatic heterocycles. The molecule has 2 aromatic rings. The fourth-order valence-electron chi connectivity index (χ4n) is 2.33. The Morgan fingerprint density at radius 1 is 1.10 bits per heavy atom. The molecule has 0 aromatic heterocycles. The molecule has 0 atom stereocenters. The summed E-state index contributed by atoms with van der Waals surface area (Å²) in [5, 5.41) is 6.22. The van der Waals surface area contributed by atoms with Gasteiger partial charge < -0.3 is 10.6 Å². The van der Waals surface area contributed by atoms with E-state index in [9.17, 15) is 4.79 Å². The molecule has 0 saturated carbocycles. The van der Waals surface area contributed by atoms with Gasteiger partial charge in [0, 0.05) is 24.3 Å². The standard InChI is InChI=1S/C18H22N2O/c1-4-19-16-8-9-17(14(3)11-16)18(21)20-12-15-7-5-6-13(2)10-15/h5-11,19H,4,12H2,1-3H3,(H,20,21). The first-order chi connectivity index (χ1) is 10.1. The van der Waals surface area contributed by atoms with Crippen molar-refractivity contribution in [1.82, 2.24) is 5.32 Å². The lowest BCUT2D eigenvalue weighted by Crippen LogP contribution is -2.23. The molecule has 0 aliphatic carbocycles. The second-order valence-electron chi connectivity index (χ2n) is 5.23. The number of carbonyl (C=O) groups is 1. The van der Waals surface area contributed by atoms with Gasteiger partial charge in [-0.15, -0.1) is 0 Å². The minimum Gasteiger partial charge on any atom is -0.385 e. The van der Waals surface area contributed by atoms with Crippen LogP contribution >= 0.6 is 0 Å². The molecule has 0 fully saturated rings. The summed E-state index contributed by atoms with van der Waals surface area (Å²) in [5.74, 6) is -0.0305. The molecule has 110 valence electrons. The highest BCUT2D eigenvalue weighted by Crippen LogP contribution is 2.15. The molecule has 1 amide bonds. The number of hydrogen-bond donors (Lipinski definition) is 2. The van der Waals surface area contributed by atoms with E-state index in [1.807, 2.05) is 37.3 Å². The minimum absolute atomic E-state index is 0.0305. The lowest BCUT2D eigenvalue weighted by atomic mass is 10.1. The predicted molar refractivity (Wildman–Crippen MR) is 87.7 cm³/mol. The predicted octanol–water partition coefficient (Wildman–Crippen LogP) is 3.67. The Labute approximate surface area is 126 Å². The fourth-order valence-corrected chi connectivity index (χ4v) is 2.33. The van der Waals surface area contributed by atoms with E-state index in [0.29, 0.717) is 6.54 Å². The molecule has 0 spiro atoms. The molecule has 0 heterocycles. The molecule has 0 unspecified atom stereocenters. The smallest absolute Gasteiger partial charge is 0.251 e. The lowest BCUT2D eigenvalue weighted by molar-refractivity contribution is 0.0950. The summed E-state index contributed by atoms with van der Waals surface area (Å²) in [6.45, 7) is 7.49. The number of amides is 1. The van der Waals surface area contributed by atoms with E-state index in [1.165, 1.54) is 5.56 Å². The van der Waals surface area contributed by atoms with Gasteiger partial charge in [0.2, 0.25) is 0 Å². The van der Waals surface area contributed by atoms with E-state index in [1.54, 1.807) is 0 Å². The van der Waals surface area contributed by atoms with Crippen LogP contribution < -0.4 is 10.6 Å². The first-order valence-electron chi connectivity index (χ1n) is 7.28. The number of aryl methyl sites for hydroxylation is 2. The Bertz CT molecular complexity index is 635. The van der Waals surface area contributed by atoms with Crippen molar-refractivity contribution >= 4 is 11.6 Å². The Kier molecular flexibility index (Phi) is 4.99. The molecule has 0 saturated heterocycles. The third-order valence-corrected chi connectivity index (χ3v) is 3.39. The molecule has 2 aromatic carbocycles. The van der Waals surface area contributed by atoms with E-state index >= 15 is 0 Å². The van der Waals surface area contributed by atoms with Gasteiger partial charge in [-0.25, -0.2) is 0 Å². The second kappa shape index (κ2) is 6.93. The van der Waals surface area contributed by atoms with Crippen molar-refractivity contribution in [3.8, 4) is 0 Å². The van der Waals surface area contributed by atoms with Crippen molar-refractivity contribution in [2.75, 3.05) is 11.9 Å². The van der Waals surface area contributed by atoms with Gasteiger partial charge in [-0.05, 0) is 50.1 Å². The zero-order valence-corrected chi connectivity index (χ0v) is 12.9. The average Bonchev–Trinajstić information content (AvgIpc) is 2.45. The van der Waals surface area contributed by atoms with Crippen LogP contribution in [0.5, 0.6) is 0 Å². The Morgan fingerprint density at radius 2 is 1.90 bits per heavy atom. The third kappa shape index (κ3) is 4.09. The van der Waals surface area contributed by atoms with Crippen LogP contribution in [-0.4, -0.2) is 12.5 Å². The number of hydrogen-bond acceptors (Lipinski definition) is 2. The van der Waals surface area contributed by atoms with Gasteiger partial charge >= 0.3 is 0 Å². The van der Waals surface area contributed by atoms with Gasteiger partial charge in [0.1, 0.15) is 0 Å². The van der Waals surface area contributed by atoms with Crippen LogP contribution in [0.3, 0.4) is 0 Å². The summed E-state index contributed by atoms with van der Waals surface area (Å²) in [7, 11) is 0. The highest BCUT2D eigenvalue weighted by atomic mass is 16.1. The summed E-state index contributed by atoms with van der Waals surface area (Å²) in [4.78, 5) is 12.3. The summed E-state index contributed by atoms with van der Waals surface area (Å²) in [6, 6.07) is 14.0. The summed E-state index contributed by atoms with van der Waals surface area (Å²) in [5.41, 5.74) is 5.07. The van der Waals surface area contributed by atoms with E-state index in [2.05, 4.69) is 36.6 Å². The maximum atomic E-state index is 12.3. The third-order valence-electron chi connectivity index (χ3n) is 3.39. The lowest BCUT2D eigenvalue weighted by Gasteiger charge is -2.10. The minimum atomic E-state index is -0.0305. The van der Waals surface area contributed by atoms with Crippen LogP contribution in [0, 0.1) is 13.8 Å². The first-order valence-corrected chi connectivity index (χ1v) is 7.28. The van der Waals surface area contributed by atoms with Crippen LogP contribution in [0.25, 0.3) is 0 Å². The number of carbonyl (C=O) groups excluding carboxylic acids is 1. The van der Waals surface area contributed by atoms with Crippen LogP contribution in [0.4, 0.5) is 5.69 Å². The van der Waals surface area contributed by atoms with Gasteiger partial charge in [0.15, 0.2) is 0 Å². The van der Waals surface area contributed by atoms with Gasteiger partial charge in [0.05, 0.1) is 0 Å². The molecule has 3 nitrogen and oxygen atoms in total. The molecular weight excluding hydrogens is 260 g/mol. The normalized spacial score (nSPS) is 10.2. The summed E-state index contributed by atoms with van der Waals surface area (Å²) >= 11 is 0. The van der Waals surface area contributed by atoms with Gasteiger partial charge in [-0.3, -0.25) is 4.79 Å². The van der Waals surface area contributed by atoms with Crippen LogP contribution in [0.15, 0.2) is 42.5 Å². The largest absolute Gasteiger partial charge is 0.385 e. The molecule has 2 rings (SSSR count). The van der Waals surface area contributed by atoms with Crippen molar-refractivity contribution in [2.45, 2.75) is 27.3 Å². The molecule has 2 N–H and O–H groups in total. The molecule has 21 heavy (non-hydrogen) atoms. The van der Waals surface area contributed by atoms with Gasteiger partial charge in [-0.1, -0.05) is 29.8 Å². The Morgan fingerprint density at radius 3 is 2.57 bits per heavy atom.